The Morgan fingerprint density at radius 2 is 2.29 bits per heavy atom. The van der Waals surface area contributed by atoms with Gasteiger partial charge in [0.1, 0.15) is 5.75 Å². The van der Waals surface area contributed by atoms with E-state index in [1.54, 1.807) is 6.92 Å². The molecule has 1 aromatic carbocycles. The monoisotopic (exact) mass is 232 g/mol. The summed E-state index contributed by atoms with van der Waals surface area (Å²) in [5.74, 6) is 0.400. The number of aryl methyl sites for hydroxylation is 1. The molecule has 90 valence electrons. The molecule has 1 aliphatic rings. The van der Waals surface area contributed by atoms with Gasteiger partial charge in [0, 0.05) is 0 Å². The van der Waals surface area contributed by atoms with E-state index in [1.807, 2.05) is 18.2 Å². The smallest absolute Gasteiger partial charge is 0.344 e. The molecule has 0 N–H and O–H groups in total. The largest absolute Gasteiger partial charge is 0.482 e. The van der Waals surface area contributed by atoms with Crippen molar-refractivity contribution in [3.63, 3.8) is 0 Å². The predicted molar refractivity (Wildman–Crippen MR) is 65.9 cm³/mol. The molecule has 0 fully saturated rings. The molecule has 0 aromatic heterocycles. The molecule has 0 amide bonds. The number of benzene rings is 1. The van der Waals surface area contributed by atoms with Crippen molar-refractivity contribution in [1.29, 1.82) is 0 Å². The third-order valence-corrected chi connectivity index (χ3v) is 2.65. The molecule has 0 aliphatic heterocycles. The summed E-state index contributed by atoms with van der Waals surface area (Å²) >= 11 is 0. The first-order chi connectivity index (χ1) is 8.29. The zero-order valence-corrected chi connectivity index (χ0v) is 9.94. The van der Waals surface area contributed by atoms with Crippen molar-refractivity contribution < 1.29 is 14.3 Å². The molecule has 0 saturated heterocycles. The third kappa shape index (κ3) is 3.09. The highest BCUT2D eigenvalue weighted by Crippen LogP contribution is 2.23. The minimum absolute atomic E-state index is 0.0253. The van der Waals surface area contributed by atoms with Crippen molar-refractivity contribution >= 4 is 12.0 Å². The van der Waals surface area contributed by atoms with Crippen LogP contribution in [-0.2, 0) is 16.0 Å². The van der Waals surface area contributed by atoms with Crippen LogP contribution in [-0.4, -0.2) is 19.2 Å². The van der Waals surface area contributed by atoms with Gasteiger partial charge in [-0.2, -0.15) is 0 Å². The molecule has 0 atom stereocenters. The Morgan fingerprint density at radius 1 is 1.41 bits per heavy atom. The van der Waals surface area contributed by atoms with E-state index in [2.05, 4.69) is 12.2 Å². The number of ether oxygens (including phenoxy) is 2. The van der Waals surface area contributed by atoms with Gasteiger partial charge in [-0.05, 0) is 43.0 Å². The summed E-state index contributed by atoms with van der Waals surface area (Å²) in [5, 5.41) is 0. The first-order valence-electron chi connectivity index (χ1n) is 5.87. The van der Waals surface area contributed by atoms with E-state index in [1.165, 1.54) is 11.1 Å². The van der Waals surface area contributed by atoms with E-state index in [9.17, 15) is 4.79 Å². The lowest BCUT2D eigenvalue weighted by Gasteiger charge is -2.12. The molecule has 0 saturated carbocycles. The van der Waals surface area contributed by atoms with E-state index in [-0.39, 0.29) is 12.6 Å². The molecule has 0 bridgehead atoms. The van der Waals surface area contributed by atoms with Crippen molar-refractivity contribution in [2.45, 2.75) is 19.8 Å². The van der Waals surface area contributed by atoms with E-state index < -0.39 is 0 Å². The van der Waals surface area contributed by atoms with Crippen LogP contribution in [0.4, 0.5) is 0 Å². The van der Waals surface area contributed by atoms with Gasteiger partial charge in [0.05, 0.1) is 6.61 Å². The summed E-state index contributed by atoms with van der Waals surface area (Å²) < 4.78 is 10.2. The summed E-state index contributed by atoms with van der Waals surface area (Å²) in [5.41, 5.74) is 2.51. The van der Waals surface area contributed by atoms with Crippen molar-refractivity contribution in [2.75, 3.05) is 13.2 Å². The maximum absolute atomic E-state index is 11.1. The molecular weight excluding hydrogens is 216 g/mol. The van der Waals surface area contributed by atoms with E-state index in [0.29, 0.717) is 6.61 Å². The first kappa shape index (κ1) is 11.7. The van der Waals surface area contributed by atoms with Gasteiger partial charge < -0.3 is 9.47 Å². The Balaban J connectivity index is 1.98. The van der Waals surface area contributed by atoms with Gasteiger partial charge in [-0.1, -0.05) is 18.2 Å². The topological polar surface area (TPSA) is 35.5 Å². The number of hydrogen-bond acceptors (Lipinski definition) is 3. The Labute approximate surface area is 101 Å². The summed E-state index contributed by atoms with van der Waals surface area (Å²) in [7, 11) is 0. The fourth-order valence-electron chi connectivity index (χ4n) is 1.85. The van der Waals surface area contributed by atoms with Crippen molar-refractivity contribution in [2.24, 2.45) is 0 Å². The minimum Gasteiger partial charge on any atom is -0.482 e. The van der Waals surface area contributed by atoms with Crippen LogP contribution in [0.15, 0.2) is 24.3 Å². The number of allylic oxidation sites excluding steroid dienone is 1. The Hall–Kier alpha value is -1.77. The highest BCUT2D eigenvalue weighted by molar-refractivity contribution is 5.71. The van der Waals surface area contributed by atoms with Gasteiger partial charge >= 0.3 is 5.97 Å². The molecule has 0 spiro atoms. The minimum atomic E-state index is -0.329. The van der Waals surface area contributed by atoms with Crippen LogP contribution in [0, 0.1) is 0 Å². The quantitative estimate of drug-likeness (QED) is 0.748. The molecule has 3 heteroatoms. The summed E-state index contributed by atoms with van der Waals surface area (Å²) in [4.78, 5) is 11.1. The van der Waals surface area contributed by atoms with Crippen LogP contribution in [0.5, 0.6) is 5.75 Å². The average molecular weight is 232 g/mol. The third-order valence-electron chi connectivity index (χ3n) is 2.65. The lowest BCUT2D eigenvalue weighted by Crippen LogP contribution is -2.14. The maximum Gasteiger partial charge on any atom is 0.344 e. The molecule has 2 rings (SSSR count). The summed E-state index contributed by atoms with van der Waals surface area (Å²) in [6, 6.07) is 5.90. The highest BCUT2D eigenvalue weighted by Gasteiger charge is 2.07. The SMILES string of the molecule is CCOC(=O)COc1ccc2c(c1)CCC=C2. The van der Waals surface area contributed by atoms with Crippen LogP contribution in [0.2, 0.25) is 0 Å². The van der Waals surface area contributed by atoms with Gasteiger partial charge in [0.2, 0.25) is 0 Å². The van der Waals surface area contributed by atoms with Crippen LogP contribution < -0.4 is 4.74 Å². The summed E-state index contributed by atoms with van der Waals surface area (Å²) in [6.45, 7) is 2.14. The maximum atomic E-state index is 11.1. The Bertz CT molecular complexity index is 435. The van der Waals surface area contributed by atoms with Gasteiger partial charge in [0.25, 0.3) is 0 Å². The molecule has 0 heterocycles. The number of fused-ring (bicyclic) bond motifs is 1. The number of esters is 1. The number of carbonyl (C=O) groups excluding carboxylic acids is 1. The average Bonchev–Trinajstić information content (AvgIpc) is 2.36. The van der Waals surface area contributed by atoms with Crippen LogP contribution in [0.3, 0.4) is 0 Å². The highest BCUT2D eigenvalue weighted by atomic mass is 16.6. The van der Waals surface area contributed by atoms with Crippen molar-refractivity contribution in [3.05, 3.63) is 35.4 Å². The fraction of sp³-hybridized carbons (Fsp3) is 0.357. The van der Waals surface area contributed by atoms with Crippen molar-refractivity contribution in [3.8, 4) is 5.75 Å². The lowest BCUT2D eigenvalue weighted by molar-refractivity contribution is -0.145. The van der Waals surface area contributed by atoms with Crippen molar-refractivity contribution in [1.82, 2.24) is 0 Å². The standard InChI is InChI=1S/C14H16O3/c1-2-16-14(15)10-17-13-8-7-11-5-3-4-6-12(11)9-13/h3,5,7-9H,2,4,6,10H2,1H3. The summed E-state index contributed by atoms with van der Waals surface area (Å²) in [6.07, 6.45) is 6.38. The van der Waals surface area contributed by atoms with E-state index in [0.717, 1.165) is 18.6 Å². The second kappa shape index (κ2) is 5.53. The molecule has 0 unspecified atom stereocenters. The zero-order valence-electron chi connectivity index (χ0n) is 9.94. The van der Waals surface area contributed by atoms with E-state index in [4.69, 9.17) is 9.47 Å². The second-order valence-electron chi connectivity index (χ2n) is 3.90. The normalized spacial score (nSPS) is 13.0. The second-order valence-corrected chi connectivity index (χ2v) is 3.90. The molecule has 1 aliphatic carbocycles. The van der Waals surface area contributed by atoms with Gasteiger partial charge in [-0.25, -0.2) is 4.79 Å². The van der Waals surface area contributed by atoms with Crippen LogP contribution in [0.25, 0.3) is 6.08 Å². The Morgan fingerprint density at radius 3 is 3.12 bits per heavy atom. The number of carbonyl (C=O) groups is 1. The number of rotatable bonds is 4. The number of hydrogen-bond donors (Lipinski definition) is 0. The van der Waals surface area contributed by atoms with Crippen LogP contribution >= 0.6 is 0 Å². The molecule has 3 nitrogen and oxygen atoms in total. The zero-order chi connectivity index (χ0) is 12.1. The van der Waals surface area contributed by atoms with Crippen LogP contribution in [0.1, 0.15) is 24.5 Å². The molecule has 1 aromatic rings. The lowest BCUT2D eigenvalue weighted by atomic mass is 9.97. The molecule has 17 heavy (non-hydrogen) atoms. The van der Waals surface area contributed by atoms with E-state index >= 15 is 0 Å². The predicted octanol–water partition coefficient (Wildman–Crippen LogP) is 2.59. The first-order valence-corrected chi connectivity index (χ1v) is 5.87. The fourth-order valence-corrected chi connectivity index (χ4v) is 1.85. The molecular formula is C14H16O3. The Kier molecular flexibility index (Phi) is 3.81. The molecule has 0 radical (unpaired) electrons. The van der Waals surface area contributed by atoms with Gasteiger partial charge in [-0.3, -0.25) is 0 Å². The van der Waals surface area contributed by atoms with Gasteiger partial charge in [-0.15, -0.1) is 0 Å². The van der Waals surface area contributed by atoms with Gasteiger partial charge in [0.15, 0.2) is 6.61 Å².